The number of amides is 2. The Morgan fingerprint density at radius 3 is 2.26 bits per heavy atom. The van der Waals surface area contributed by atoms with Gasteiger partial charge in [-0.25, -0.2) is 8.42 Å². The van der Waals surface area contributed by atoms with E-state index in [2.05, 4.69) is 5.32 Å². The number of alkyl halides is 3. The van der Waals surface area contributed by atoms with Crippen LogP contribution in [0, 0.1) is 6.92 Å². The van der Waals surface area contributed by atoms with E-state index in [9.17, 15) is 31.2 Å². The number of aryl methyl sites for hydroxylation is 1. The third kappa shape index (κ3) is 9.46. The number of halogens is 4. The molecule has 232 valence electrons. The number of hydrogen-bond donors (Lipinski definition) is 1. The molecule has 1 unspecified atom stereocenters. The van der Waals surface area contributed by atoms with Crippen LogP contribution < -0.4 is 9.62 Å². The van der Waals surface area contributed by atoms with E-state index in [0.717, 1.165) is 41.5 Å². The Morgan fingerprint density at radius 2 is 1.65 bits per heavy atom. The standard InChI is InChI=1S/C31H35ClF3N3O4S/c1-4-5-17-36-30(40)28(18-23-12-7-6-8-13-23)37(20-24-14-10-9-11-22(24)2)29(39)21-38(43(3,41)42)27-19-25(31(33,34)35)15-16-26(27)32/h6-16,19,28H,4-5,17-18,20-21H2,1-3H3,(H,36,40). The molecule has 3 aromatic carbocycles. The fourth-order valence-corrected chi connectivity index (χ4v) is 5.63. The van der Waals surface area contributed by atoms with Crippen LogP contribution in [0.1, 0.15) is 42.0 Å². The van der Waals surface area contributed by atoms with Crippen LogP contribution in [0.4, 0.5) is 18.9 Å². The molecular weight excluding hydrogens is 603 g/mol. The molecule has 0 spiro atoms. The summed E-state index contributed by atoms with van der Waals surface area (Å²) < 4.78 is 67.0. The van der Waals surface area contributed by atoms with E-state index in [1.54, 1.807) is 24.3 Å². The lowest BCUT2D eigenvalue weighted by molar-refractivity contribution is -0.140. The van der Waals surface area contributed by atoms with Crippen LogP contribution in [0.2, 0.25) is 5.02 Å². The second-order valence-electron chi connectivity index (χ2n) is 10.2. The molecular formula is C31H35ClF3N3O4S. The van der Waals surface area contributed by atoms with E-state index in [0.29, 0.717) is 23.3 Å². The highest BCUT2D eigenvalue weighted by Crippen LogP contribution is 2.36. The summed E-state index contributed by atoms with van der Waals surface area (Å²) in [6.07, 6.45) is -2.33. The molecule has 1 atom stereocenters. The summed E-state index contributed by atoms with van der Waals surface area (Å²) in [4.78, 5) is 29.0. The Balaban J connectivity index is 2.11. The quantitative estimate of drug-likeness (QED) is 0.233. The van der Waals surface area contributed by atoms with Crippen molar-refractivity contribution in [1.29, 1.82) is 0 Å². The highest BCUT2D eigenvalue weighted by atomic mass is 35.5. The van der Waals surface area contributed by atoms with Crippen molar-refractivity contribution >= 4 is 39.1 Å². The summed E-state index contributed by atoms with van der Waals surface area (Å²) >= 11 is 6.19. The normalized spacial score (nSPS) is 12.4. The maximum Gasteiger partial charge on any atom is 0.416 e. The minimum atomic E-state index is -4.78. The van der Waals surface area contributed by atoms with Gasteiger partial charge in [0.25, 0.3) is 0 Å². The van der Waals surface area contributed by atoms with Crippen LogP contribution in [-0.4, -0.2) is 50.5 Å². The van der Waals surface area contributed by atoms with Crippen LogP contribution in [-0.2, 0) is 38.8 Å². The van der Waals surface area contributed by atoms with Gasteiger partial charge in [0.2, 0.25) is 21.8 Å². The van der Waals surface area contributed by atoms with E-state index in [-0.39, 0.29) is 18.0 Å². The van der Waals surface area contributed by atoms with Gasteiger partial charge in [0.15, 0.2) is 0 Å². The minimum absolute atomic E-state index is 0.0435. The molecule has 1 N–H and O–H groups in total. The van der Waals surface area contributed by atoms with Crippen molar-refractivity contribution in [3.8, 4) is 0 Å². The second kappa shape index (κ2) is 14.7. The predicted octanol–water partition coefficient (Wildman–Crippen LogP) is 5.99. The number of nitrogens with zero attached hydrogens (tertiary/aromatic N) is 2. The van der Waals surface area contributed by atoms with Gasteiger partial charge in [-0.2, -0.15) is 13.2 Å². The maximum absolute atomic E-state index is 14.1. The van der Waals surface area contributed by atoms with Crippen LogP contribution in [0.3, 0.4) is 0 Å². The van der Waals surface area contributed by atoms with Gasteiger partial charge in [0, 0.05) is 19.5 Å². The Bertz CT molecular complexity index is 1520. The largest absolute Gasteiger partial charge is 0.416 e. The maximum atomic E-state index is 14.1. The first-order chi connectivity index (χ1) is 20.2. The van der Waals surface area contributed by atoms with E-state index in [1.165, 1.54) is 4.90 Å². The monoisotopic (exact) mass is 637 g/mol. The molecule has 0 heterocycles. The smallest absolute Gasteiger partial charge is 0.354 e. The second-order valence-corrected chi connectivity index (χ2v) is 12.5. The van der Waals surface area contributed by atoms with Crippen molar-refractivity contribution in [2.24, 2.45) is 0 Å². The van der Waals surface area contributed by atoms with Gasteiger partial charge in [-0.1, -0.05) is 79.5 Å². The molecule has 0 aliphatic rings. The van der Waals surface area contributed by atoms with Gasteiger partial charge in [0.1, 0.15) is 12.6 Å². The lowest BCUT2D eigenvalue weighted by atomic mass is 10.0. The first-order valence-electron chi connectivity index (χ1n) is 13.7. The molecule has 0 radical (unpaired) electrons. The van der Waals surface area contributed by atoms with Gasteiger partial charge in [0.05, 0.1) is 22.5 Å². The zero-order valence-electron chi connectivity index (χ0n) is 24.2. The molecule has 3 aromatic rings. The van der Waals surface area contributed by atoms with Crippen molar-refractivity contribution < 1.29 is 31.2 Å². The summed E-state index contributed by atoms with van der Waals surface area (Å²) in [5, 5.41) is 2.59. The number of sulfonamides is 1. The van der Waals surface area contributed by atoms with Gasteiger partial charge in [-0.3, -0.25) is 13.9 Å². The number of hydrogen-bond acceptors (Lipinski definition) is 4. The molecule has 7 nitrogen and oxygen atoms in total. The van der Waals surface area contributed by atoms with Crippen molar-refractivity contribution in [2.75, 3.05) is 23.7 Å². The Kier molecular flexibility index (Phi) is 11.6. The van der Waals surface area contributed by atoms with Gasteiger partial charge in [-0.15, -0.1) is 0 Å². The number of anilines is 1. The summed E-state index contributed by atoms with van der Waals surface area (Å²) in [6, 6.07) is 17.5. The highest BCUT2D eigenvalue weighted by molar-refractivity contribution is 7.92. The molecule has 0 aromatic heterocycles. The molecule has 3 rings (SSSR count). The molecule has 43 heavy (non-hydrogen) atoms. The van der Waals surface area contributed by atoms with Crippen LogP contribution in [0.25, 0.3) is 0 Å². The first kappa shape index (κ1) is 33.9. The average molecular weight is 638 g/mol. The fourth-order valence-electron chi connectivity index (χ4n) is 4.51. The van der Waals surface area contributed by atoms with E-state index in [4.69, 9.17) is 11.6 Å². The Labute approximate surface area is 255 Å². The van der Waals surface area contributed by atoms with Crippen LogP contribution >= 0.6 is 11.6 Å². The summed E-state index contributed by atoms with van der Waals surface area (Å²) in [6.45, 7) is 3.27. The van der Waals surface area contributed by atoms with Crippen molar-refractivity contribution in [3.05, 3.63) is 100 Å². The molecule has 0 saturated heterocycles. The average Bonchev–Trinajstić information content (AvgIpc) is 2.94. The molecule has 0 aliphatic heterocycles. The highest BCUT2D eigenvalue weighted by Gasteiger charge is 2.36. The van der Waals surface area contributed by atoms with Crippen molar-refractivity contribution in [2.45, 2.75) is 51.9 Å². The van der Waals surface area contributed by atoms with Crippen molar-refractivity contribution in [3.63, 3.8) is 0 Å². The van der Waals surface area contributed by atoms with Crippen LogP contribution in [0.5, 0.6) is 0 Å². The molecule has 2 amide bonds. The van der Waals surface area contributed by atoms with Gasteiger partial charge in [-0.05, 0) is 48.2 Å². The first-order valence-corrected chi connectivity index (χ1v) is 15.9. The number of unbranched alkanes of at least 4 members (excludes halogenated alkanes) is 1. The van der Waals surface area contributed by atoms with Gasteiger partial charge >= 0.3 is 6.18 Å². The molecule has 0 saturated carbocycles. The Morgan fingerprint density at radius 1 is 1.00 bits per heavy atom. The van der Waals surface area contributed by atoms with Gasteiger partial charge < -0.3 is 10.2 Å². The van der Waals surface area contributed by atoms with Crippen LogP contribution in [0.15, 0.2) is 72.8 Å². The molecule has 0 fully saturated rings. The van der Waals surface area contributed by atoms with Crippen molar-refractivity contribution in [1.82, 2.24) is 10.2 Å². The lowest BCUT2D eigenvalue weighted by Gasteiger charge is -2.34. The number of carbonyl (C=O) groups is 2. The SMILES string of the molecule is CCCCNC(=O)C(Cc1ccccc1)N(Cc1ccccc1C)C(=O)CN(c1cc(C(F)(F)F)ccc1Cl)S(C)(=O)=O. The van der Waals surface area contributed by atoms with E-state index >= 15 is 0 Å². The zero-order valence-corrected chi connectivity index (χ0v) is 25.8. The number of rotatable bonds is 13. The zero-order chi connectivity index (χ0) is 31.8. The summed E-state index contributed by atoms with van der Waals surface area (Å²) in [5.74, 6) is -1.21. The summed E-state index contributed by atoms with van der Waals surface area (Å²) in [7, 11) is -4.30. The van der Waals surface area contributed by atoms with E-state index < -0.39 is 51.9 Å². The molecule has 0 aliphatic carbocycles. The predicted molar refractivity (Wildman–Crippen MR) is 162 cm³/mol. The fraction of sp³-hybridized carbons (Fsp3) is 0.355. The number of carbonyl (C=O) groups excluding carboxylic acids is 2. The Hall–Kier alpha value is -3.57. The third-order valence-corrected chi connectivity index (χ3v) is 8.37. The number of nitrogens with one attached hydrogen (secondary N) is 1. The topological polar surface area (TPSA) is 86.8 Å². The summed E-state index contributed by atoms with van der Waals surface area (Å²) in [5.41, 5.74) is 0.711. The molecule has 12 heteroatoms. The lowest BCUT2D eigenvalue weighted by Crippen LogP contribution is -2.53. The minimum Gasteiger partial charge on any atom is -0.354 e. The third-order valence-electron chi connectivity index (χ3n) is 6.92. The number of benzene rings is 3. The van der Waals surface area contributed by atoms with E-state index in [1.807, 2.05) is 44.2 Å². The molecule has 0 bridgehead atoms.